The molecule has 1 aromatic rings. The van der Waals surface area contributed by atoms with Crippen molar-refractivity contribution in [3.63, 3.8) is 0 Å². The van der Waals surface area contributed by atoms with E-state index in [-0.39, 0.29) is 5.82 Å². The maximum absolute atomic E-state index is 13.5. The molecule has 0 unspecified atom stereocenters. The van der Waals surface area contributed by atoms with Crippen LogP contribution in [-0.4, -0.2) is 5.11 Å². The highest BCUT2D eigenvalue weighted by Crippen LogP contribution is 2.43. The van der Waals surface area contributed by atoms with Crippen molar-refractivity contribution in [2.45, 2.75) is 38.2 Å². The highest BCUT2D eigenvalue weighted by molar-refractivity contribution is 5.52. The summed E-state index contributed by atoms with van der Waals surface area (Å²) in [5.41, 5.74) is 6.32. The van der Waals surface area contributed by atoms with Crippen molar-refractivity contribution >= 4 is 5.69 Å². The number of benzene rings is 1. The van der Waals surface area contributed by atoms with E-state index in [9.17, 15) is 9.50 Å². The molecule has 82 valence electrons. The Bertz CT molecular complexity index is 391. The Hall–Kier alpha value is -1.09. The molecule has 1 fully saturated rings. The molecule has 0 radical (unpaired) electrons. The van der Waals surface area contributed by atoms with Crippen LogP contribution in [0.25, 0.3) is 0 Å². The summed E-state index contributed by atoms with van der Waals surface area (Å²) in [4.78, 5) is 0. The fourth-order valence-electron chi connectivity index (χ4n) is 1.84. The molecule has 0 aromatic heterocycles. The summed E-state index contributed by atoms with van der Waals surface area (Å²) in [6, 6.07) is 3.03. The number of hydrogen-bond donors (Lipinski definition) is 2. The van der Waals surface area contributed by atoms with Crippen LogP contribution in [0.15, 0.2) is 12.1 Å². The molecule has 0 aliphatic heterocycles. The first kappa shape index (κ1) is 10.4. The van der Waals surface area contributed by atoms with Crippen LogP contribution >= 0.6 is 0 Å². The third-order valence-electron chi connectivity index (χ3n) is 2.85. The predicted molar refractivity (Wildman–Crippen MR) is 58.0 cm³/mol. The highest BCUT2D eigenvalue weighted by atomic mass is 19.1. The second kappa shape index (κ2) is 3.20. The molecular weight excluding hydrogens is 193 g/mol. The van der Waals surface area contributed by atoms with E-state index >= 15 is 0 Å². The monoisotopic (exact) mass is 209 g/mol. The topological polar surface area (TPSA) is 46.2 Å². The van der Waals surface area contributed by atoms with Crippen LogP contribution in [-0.2, 0) is 5.60 Å². The molecule has 1 aliphatic rings. The number of nitrogens with two attached hydrogens (primary N) is 1. The average molecular weight is 209 g/mol. The molecule has 0 heterocycles. The zero-order chi connectivity index (χ0) is 11.2. The Morgan fingerprint density at radius 3 is 2.47 bits per heavy atom. The lowest BCUT2D eigenvalue weighted by atomic mass is 9.93. The van der Waals surface area contributed by atoms with Gasteiger partial charge in [-0.25, -0.2) is 4.39 Å². The number of hydrogen-bond acceptors (Lipinski definition) is 2. The molecule has 0 saturated heterocycles. The molecule has 3 N–H and O–H groups in total. The van der Waals surface area contributed by atoms with Crippen molar-refractivity contribution in [1.82, 2.24) is 0 Å². The molecular formula is C12H16FNO. The number of halogens is 1. The van der Waals surface area contributed by atoms with E-state index in [1.165, 1.54) is 6.07 Å². The second-order valence-electron chi connectivity index (χ2n) is 4.79. The Morgan fingerprint density at radius 1 is 1.40 bits per heavy atom. The third kappa shape index (κ3) is 1.97. The lowest BCUT2D eigenvalue weighted by Gasteiger charge is -2.21. The van der Waals surface area contributed by atoms with E-state index in [0.29, 0.717) is 22.7 Å². The minimum Gasteiger partial charge on any atom is -0.398 e. The van der Waals surface area contributed by atoms with Gasteiger partial charge in [-0.3, -0.25) is 0 Å². The average Bonchev–Trinajstić information content (AvgIpc) is 2.84. The van der Waals surface area contributed by atoms with Gasteiger partial charge in [0, 0.05) is 11.3 Å². The van der Waals surface area contributed by atoms with Gasteiger partial charge in [-0.1, -0.05) is 0 Å². The molecule has 0 atom stereocenters. The van der Waals surface area contributed by atoms with Gasteiger partial charge >= 0.3 is 0 Å². The van der Waals surface area contributed by atoms with Crippen LogP contribution in [0.2, 0.25) is 0 Å². The van der Waals surface area contributed by atoms with Crippen molar-refractivity contribution in [2.75, 3.05) is 5.73 Å². The first-order chi connectivity index (χ1) is 6.89. The number of nitrogen functional groups attached to an aromatic ring is 1. The zero-order valence-corrected chi connectivity index (χ0v) is 9.05. The summed E-state index contributed by atoms with van der Waals surface area (Å²) >= 11 is 0. The third-order valence-corrected chi connectivity index (χ3v) is 2.85. The van der Waals surface area contributed by atoms with Crippen molar-refractivity contribution in [3.05, 3.63) is 29.1 Å². The molecule has 2 nitrogen and oxygen atoms in total. The van der Waals surface area contributed by atoms with Crippen LogP contribution in [0, 0.1) is 5.82 Å². The fraction of sp³-hybridized carbons (Fsp3) is 0.500. The van der Waals surface area contributed by atoms with E-state index in [1.54, 1.807) is 19.9 Å². The van der Waals surface area contributed by atoms with Gasteiger partial charge in [0.15, 0.2) is 0 Å². The molecule has 3 heteroatoms. The summed E-state index contributed by atoms with van der Waals surface area (Å²) in [7, 11) is 0. The van der Waals surface area contributed by atoms with E-state index < -0.39 is 5.60 Å². The Morgan fingerprint density at radius 2 is 2.00 bits per heavy atom. The number of anilines is 1. The molecule has 0 amide bonds. The number of aliphatic hydroxyl groups is 1. The second-order valence-corrected chi connectivity index (χ2v) is 4.79. The summed E-state index contributed by atoms with van der Waals surface area (Å²) in [6.45, 7) is 3.32. The van der Waals surface area contributed by atoms with Crippen molar-refractivity contribution in [3.8, 4) is 0 Å². The zero-order valence-electron chi connectivity index (χ0n) is 9.05. The SMILES string of the molecule is CC(C)(O)c1cc(C2CC2)c(F)cc1N. The van der Waals surface area contributed by atoms with E-state index in [4.69, 9.17) is 5.73 Å². The van der Waals surface area contributed by atoms with Gasteiger partial charge < -0.3 is 10.8 Å². The van der Waals surface area contributed by atoms with Crippen LogP contribution in [0.1, 0.15) is 43.7 Å². The van der Waals surface area contributed by atoms with Crippen LogP contribution in [0.5, 0.6) is 0 Å². The largest absolute Gasteiger partial charge is 0.398 e. The van der Waals surface area contributed by atoms with Gasteiger partial charge in [0.05, 0.1) is 5.60 Å². The fourth-order valence-corrected chi connectivity index (χ4v) is 1.84. The molecule has 1 saturated carbocycles. The first-order valence-corrected chi connectivity index (χ1v) is 5.21. The molecule has 0 bridgehead atoms. The van der Waals surface area contributed by atoms with Crippen molar-refractivity contribution in [2.24, 2.45) is 0 Å². The van der Waals surface area contributed by atoms with E-state index in [2.05, 4.69) is 0 Å². The number of rotatable bonds is 2. The molecule has 1 aliphatic carbocycles. The smallest absolute Gasteiger partial charge is 0.128 e. The van der Waals surface area contributed by atoms with Crippen LogP contribution < -0.4 is 5.73 Å². The lowest BCUT2D eigenvalue weighted by Crippen LogP contribution is -2.18. The minimum absolute atomic E-state index is 0.247. The van der Waals surface area contributed by atoms with Crippen LogP contribution in [0.4, 0.5) is 10.1 Å². The molecule has 0 spiro atoms. The summed E-state index contributed by atoms with van der Waals surface area (Å²) in [5, 5.41) is 9.88. The predicted octanol–water partition coefficient (Wildman–Crippen LogP) is 2.51. The Balaban J connectivity index is 2.51. The van der Waals surface area contributed by atoms with Gasteiger partial charge in [-0.15, -0.1) is 0 Å². The quantitative estimate of drug-likeness (QED) is 0.735. The Labute approximate surface area is 88.9 Å². The normalized spacial score (nSPS) is 16.8. The van der Waals surface area contributed by atoms with Crippen molar-refractivity contribution in [1.29, 1.82) is 0 Å². The molecule has 1 aromatic carbocycles. The molecule has 15 heavy (non-hydrogen) atoms. The van der Waals surface area contributed by atoms with Crippen molar-refractivity contribution < 1.29 is 9.50 Å². The lowest BCUT2D eigenvalue weighted by molar-refractivity contribution is 0.0792. The minimum atomic E-state index is -1.01. The summed E-state index contributed by atoms with van der Waals surface area (Å²) < 4.78 is 13.5. The Kier molecular flexibility index (Phi) is 2.23. The van der Waals surface area contributed by atoms with Gasteiger partial charge in [0.2, 0.25) is 0 Å². The van der Waals surface area contributed by atoms with Gasteiger partial charge in [0.1, 0.15) is 5.82 Å². The van der Waals surface area contributed by atoms with Gasteiger partial charge in [-0.2, -0.15) is 0 Å². The summed E-state index contributed by atoms with van der Waals surface area (Å²) in [5.74, 6) is 0.0784. The summed E-state index contributed by atoms with van der Waals surface area (Å²) in [6.07, 6.45) is 2.07. The van der Waals surface area contributed by atoms with Gasteiger partial charge in [0.25, 0.3) is 0 Å². The van der Waals surface area contributed by atoms with Gasteiger partial charge in [-0.05, 0) is 50.3 Å². The van der Waals surface area contributed by atoms with E-state index in [1.807, 2.05) is 0 Å². The molecule has 2 rings (SSSR count). The van der Waals surface area contributed by atoms with E-state index in [0.717, 1.165) is 12.8 Å². The highest BCUT2D eigenvalue weighted by Gasteiger charge is 2.29. The standard InChI is InChI=1S/C12H16FNO/c1-12(2,15)9-5-8(7-3-4-7)10(13)6-11(9)14/h5-7,15H,3-4,14H2,1-2H3. The maximum atomic E-state index is 13.5. The van der Waals surface area contributed by atoms with Crippen LogP contribution in [0.3, 0.4) is 0 Å². The first-order valence-electron chi connectivity index (χ1n) is 5.21. The maximum Gasteiger partial charge on any atom is 0.128 e.